The molecule has 0 unspecified atom stereocenters. The quantitative estimate of drug-likeness (QED) is 0.692. The molecule has 1 aromatic heterocycles. The van der Waals surface area contributed by atoms with E-state index in [2.05, 4.69) is 37.9 Å². The zero-order valence-corrected chi connectivity index (χ0v) is 7.73. The maximum absolute atomic E-state index is 4.26. The number of H-pyrrole nitrogens is 1. The first kappa shape index (κ1) is 8.31. The molecule has 62 valence electrons. The van der Waals surface area contributed by atoms with E-state index < -0.39 is 0 Å². The van der Waals surface area contributed by atoms with E-state index in [0.717, 1.165) is 6.42 Å². The number of rotatable bonds is 2. The third kappa shape index (κ3) is 1.44. The van der Waals surface area contributed by atoms with E-state index in [1.54, 1.807) is 0 Å². The van der Waals surface area contributed by atoms with Crippen LogP contribution in [0.1, 0.15) is 43.6 Å². The smallest absolute Gasteiger partial charge is 0.0679 e. The van der Waals surface area contributed by atoms with E-state index >= 15 is 0 Å². The Morgan fingerprint density at radius 3 is 2.36 bits per heavy atom. The number of nitrogens with one attached hydrogen (secondary N) is 1. The molecule has 0 amide bonds. The summed E-state index contributed by atoms with van der Waals surface area (Å²) in [5.41, 5.74) is 3.82. The molecule has 0 aromatic carbocycles. The Kier molecular flexibility index (Phi) is 2.32. The summed E-state index contributed by atoms with van der Waals surface area (Å²) >= 11 is 0. The highest BCUT2D eigenvalue weighted by Crippen LogP contribution is 2.18. The van der Waals surface area contributed by atoms with Crippen molar-refractivity contribution in [3.63, 3.8) is 0 Å². The zero-order valence-electron chi connectivity index (χ0n) is 7.73. The Bertz CT molecular complexity index is 236. The molecule has 1 N–H and O–H groups in total. The summed E-state index contributed by atoms with van der Waals surface area (Å²) in [6.07, 6.45) is 1.05. The van der Waals surface area contributed by atoms with Crippen LogP contribution < -0.4 is 0 Å². The lowest BCUT2D eigenvalue weighted by Gasteiger charge is -2.00. The van der Waals surface area contributed by atoms with Crippen LogP contribution in [-0.2, 0) is 6.42 Å². The topological polar surface area (TPSA) is 28.7 Å². The van der Waals surface area contributed by atoms with Gasteiger partial charge in [-0.2, -0.15) is 5.10 Å². The van der Waals surface area contributed by atoms with Crippen LogP contribution >= 0.6 is 0 Å². The molecule has 11 heavy (non-hydrogen) atoms. The minimum atomic E-state index is 0.534. The lowest BCUT2D eigenvalue weighted by molar-refractivity contribution is 0.803. The molecule has 0 aliphatic rings. The van der Waals surface area contributed by atoms with Crippen molar-refractivity contribution in [2.75, 3.05) is 0 Å². The van der Waals surface area contributed by atoms with E-state index in [-0.39, 0.29) is 0 Å². The Labute approximate surface area is 68.0 Å². The highest BCUT2D eigenvalue weighted by Gasteiger charge is 2.09. The average molecular weight is 152 g/mol. The Hall–Kier alpha value is -0.790. The van der Waals surface area contributed by atoms with Crippen molar-refractivity contribution in [1.29, 1.82) is 0 Å². The van der Waals surface area contributed by atoms with E-state index in [1.165, 1.54) is 17.0 Å². The van der Waals surface area contributed by atoms with Gasteiger partial charge in [-0.15, -0.1) is 0 Å². The number of aromatic nitrogens is 2. The van der Waals surface area contributed by atoms with Gasteiger partial charge >= 0.3 is 0 Å². The molecular weight excluding hydrogens is 136 g/mol. The Balaban J connectivity index is 3.00. The average Bonchev–Trinajstić information content (AvgIpc) is 2.30. The van der Waals surface area contributed by atoms with Crippen molar-refractivity contribution in [3.05, 3.63) is 17.0 Å². The molecule has 1 heterocycles. The fraction of sp³-hybridized carbons (Fsp3) is 0.667. The summed E-state index contributed by atoms with van der Waals surface area (Å²) in [6, 6.07) is 0. The molecule has 0 radical (unpaired) electrons. The lowest BCUT2D eigenvalue weighted by atomic mass is 10.0. The van der Waals surface area contributed by atoms with Gasteiger partial charge in [-0.05, 0) is 24.8 Å². The number of hydrogen-bond donors (Lipinski definition) is 1. The van der Waals surface area contributed by atoms with Crippen molar-refractivity contribution in [1.82, 2.24) is 10.2 Å². The van der Waals surface area contributed by atoms with Gasteiger partial charge in [0, 0.05) is 5.69 Å². The third-order valence-electron chi connectivity index (χ3n) is 2.05. The first-order valence-corrected chi connectivity index (χ1v) is 4.20. The molecule has 2 heteroatoms. The second kappa shape index (κ2) is 3.07. The second-order valence-electron chi connectivity index (χ2n) is 3.22. The number of nitrogens with zero attached hydrogens (tertiary/aromatic N) is 1. The number of aromatic amines is 1. The summed E-state index contributed by atoms with van der Waals surface area (Å²) in [7, 11) is 0. The molecule has 1 rings (SSSR count). The highest BCUT2D eigenvalue weighted by molar-refractivity contribution is 5.25. The highest BCUT2D eigenvalue weighted by atomic mass is 15.1. The second-order valence-corrected chi connectivity index (χ2v) is 3.22. The van der Waals surface area contributed by atoms with Crippen LogP contribution in [0.2, 0.25) is 0 Å². The van der Waals surface area contributed by atoms with Gasteiger partial charge in [0.1, 0.15) is 0 Å². The van der Waals surface area contributed by atoms with E-state index in [4.69, 9.17) is 0 Å². The third-order valence-corrected chi connectivity index (χ3v) is 2.05. The summed E-state index contributed by atoms with van der Waals surface area (Å²) < 4.78 is 0. The standard InChI is InChI=1S/C9H16N2/c1-5-8-7(4)9(6(2)3)11-10-8/h6H,5H2,1-4H3,(H,10,11). The summed E-state index contributed by atoms with van der Waals surface area (Å²) in [6.45, 7) is 8.62. The molecule has 0 aliphatic carbocycles. The predicted octanol–water partition coefficient (Wildman–Crippen LogP) is 2.40. The number of aryl methyl sites for hydroxylation is 1. The van der Waals surface area contributed by atoms with Crippen molar-refractivity contribution in [2.45, 2.75) is 40.0 Å². The summed E-state index contributed by atoms with van der Waals surface area (Å²) in [4.78, 5) is 0. The normalized spacial score (nSPS) is 11.0. The van der Waals surface area contributed by atoms with Crippen LogP contribution in [0, 0.1) is 6.92 Å². The van der Waals surface area contributed by atoms with Crippen LogP contribution in [0.25, 0.3) is 0 Å². The van der Waals surface area contributed by atoms with Gasteiger partial charge < -0.3 is 0 Å². The molecule has 1 aromatic rings. The first-order valence-electron chi connectivity index (χ1n) is 4.20. The van der Waals surface area contributed by atoms with E-state index in [1.807, 2.05) is 0 Å². The van der Waals surface area contributed by atoms with Crippen LogP contribution in [0.5, 0.6) is 0 Å². The maximum atomic E-state index is 4.26. The molecule has 0 fully saturated rings. The van der Waals surface area contributed by atoms with Gasteiger partial charge in [0.05, 0.1) is 5.69 Å². The van der Waals surface area contributed by atoms with E-state index in [9.17, 15) is 0 Å². The van der Waals surface area contributed by atoms with Gasteiger partial charge in [0.2, 0.25) is 0 Å². The van der Waals surface area contributed by atoms with E-state index in [0.29, 0.717) is 5.92 Å². The van der Waals surface area contributed by atoms with Gasteiger partial charge in [0.25, 0.3) is 0 Å². The Morgan fingerprint density at radius 2 is 2.09 bits per heavy atom. The van der Waals surface area contributed by atoms with Crippen LogP contribution in [0.15, 0.2) is 0 Å². The van der Waals surface area contributed by atoms with Gasteiger partial charge in [-0.3, -0.25) is 5.10 Å². The molecule has 0 aliphatic heterocycles. The van der Waals surface area contributed by atoms with Crippen molar-refractivity contribution in [2.24, 2.45) is 0 Å². The molecule has 0 bridgehead atoms. The lowest BCUT2D eigenvalue weighted by Crippen LogP contribution is -1.90. The molecule has 0 atom stereocenters. The predicted molar refractivity (Wildman–Crippen MR) is 46.8 cm³/mol. The van der Waals surface area contributed by atoms with Gasteiger partial charge in [-0.1, -0.05) is 20.8 Å². The SMILES string of the molecule is CCc1[nH]nc(C(C)C)c1C. The fourth-order valence-corrected chi connectivity index (χ4v) is 1.36. The minimum absolute atomic E-state index is 0.534. The van der Waals surface area contributed by atoms with Crippen LogP contribution in [-0.4, -0.2) is 10.2 Å². The monoisotopic (exact) mass is 152 g/mol. The minimum Gasteiger partial charge on any atom is -0.282 e. The van der Waals surface area contributed by atoms with Gasteiger partial charge in [0.15, 0.2) is 0 Å². The largest absolute Gasteiger partial charge is 0.282 e. The van der Waals surface area contributed by atoms with Crippen molar-refractivity contribution < 1.29 is 0 Å². The molecular formula is C9H16N2. The molecule has 2 nitrogen and oxygen atoms in total. The first-order chi connectivity index (χ1) is 5.16. The van der Waals surface area contributed by atoms with Gasteiger partial charge in [-0.25, -0.2) is 0 Å². The maximum Gasteiger partial charge on any atom is 0.0679 e. The Morgan fingerprint density at radius 1 is 1.45 bits per heavy atom. The summed E-state index contributed by atoms with van der Waals surface area (Å²) in [5.74, 6) is 0.534. The summed E-state index contributed by atoms with van der Waals surface area (Å²) in [5, 5.41) is 7.32. The fourth-order valence-electron chi connectivity index (χ4n) is 1.36. The zero-order chi connectivity index (χ0) is 8.43. The van der Waals surface area contributed by atoms with Crippen LogP contribution in [0.4, 0.5) is 0 Å². The number of hydrogen-bond acceptors (Lipinski definition) is 1. The van der Waals surface area contributed by atoms with Crippen molar-refractivity contribution in [3.8, 4) is 0 Å². The van der Waals surface area contributed by atoms with Crippen LogP contribution in [0.3, 0.4) is 0 Å². The van der Waals surface area contributed by atoms with Crippen molar-refractivity contribution >= 4 is 0 Å². The molecule has 0 spiro atoms. The molecule has 0 saturated carbocycles. The molecule has 0 saturated heterocycles.